The third-order valence-electron chi connectivity index (χ3n) is 8.13. The molecule has 4 rings (SSSR count). The zero-order chi connectivity index (χ0) is 31.9. The molecule has 1 unspecified atom stereocenters. The van der Waals surface area contributed by atoms with E-state index in [-0.39, 0.29) is 0 Å². The zero-order valence-corrected chi connectivity index (χ0v) is 23.2. The Hall–Kier alpha value is -0.760. The molecule has 4 aliphatic heterocycles. The number of ether oxygens (including phenoxy) is 7. The minimum atomic E-state index is -1.92. The van der Waals surface area contributed by atoms with Gasteiger partial charge in [-0.2, -0.15) is 0 Å². The van der Waals surface area contributed by atoms with Crippen molar-refractivity contribution < 1.29 is 94.4 Å². The number of aliphatic hydroxyl groups excluding tert-OH is 12. The molecule has 4 saturated heterocycles. The summed E-state index contributed by atoms with van der Waals surface area (Å²) in [6, 6.07) is 0. The van der Waals surface area contributed by atoms with Crippen LogP contribution in [0.25, 0.3) is 0 Å². The predicted molar refractivity (Wildman–Crippen MR) is 131 cm³/mol. The number of rotatable bonds is 8. The van der Waals surface area contributed by atoms with E-state index in [0.717, 1.165) is 0 Å². The van der Waals surface area contributed by atoms with Gasteiger partial charge >= 0.3 is 0 Å². The minimum Gasteiger partial charge on any atom is -0.394 e. The maximum Gasteiger partial charge on any atom is 0.187 e. The van der Waals surface area contributed by atoms with Crippen molar-refractivity contribution in [3.63, 3.8) is 0 Å². The fourth-order valence-electron chi connectivity index (χ4n) is 5.40. The fourth-order valence-corrected chi connectivity index (χ4v) is 5.40. The Labute approximate surface area is 244 Å². The summed E-state index contributed by atoms with van der Waals surface area (Å²) in [5, 5.41) is 124. The molecule has 0 aromatic carbocycles. The largest absolute Gasteiger partial charge is 0.394 e. The van der Waals surface area contributed by atoms with Crippen LogP contribution < -0.4 is 0 Å². The summed E-state index contributed by atoms with van der Waals surface area (Å²) in [6.07, 6.45) is -33.0. The van der Waals surface area contributed by atoms with Gasteiger partial charge in [-0.15, -0.1) is 0 Å². The van der Waals surface area contributed by atoms with Crippen molar-refractivity contribution in [3.8, 4) is 0 Å². The maximum absolute atomic E-state index is 11.1. The number of hydrogen-bond acceptors (Lipinski definition) is 19. The molecule has 0 bridgehead atoms. The van der Waals surface area contributed by atoms with E-state index in [1.54, 1.807) is 0 Å². The average molecular weight is 635 g/mol. The fraction of sp³-hybridized carbons (Fsp3) is 1.00. The van der Waals surface area contributed by atoms with E-state index in [0.29, 0.717) is 0 Å². The molecule has 19 heteroatoms. The molecule has 20 atom stereocenters. The highest BCUT2D eigenvalue weighted by Gasteiger charge is 2.55. The van der Waals surface area contributed by atoms with E-state index in [1.165, 1.54) is 13.8 Å². The Kier molecular flexibility index (Phi) is 11.7. The molecular weight excluding hydrogens is 592 g/mol. The summed E-state index contributed by atoms with van der Waals surface area (Å²) >= 11 is 0. The van der Waals surface area contributed by atoms with E-state index in [9.17, 15) is 61.3 Å². The zero-order valence-electron chi connectivity index (χ0n) is 23.2. The van der Waals surface area contributed by atoms with Crippen LogP contribution in [0.5, 0.6) is 0 Å². The molecule has 12 N–H and O–H groups in total. The molecule has 0 radical (unpaired) electrons. The molecule has 0 aromatic rings. The van der Waals surface area contributed by atoms with Gasteiger partial charge in [0.15, 0.2) is 25.2 Å². The van der Waals surface area contributed by atoms with Crippen molar-refractivity contribution >= 4 is 0 Å². The monoisotopic (exact) mass is 634 g/mol. The summed E-state index contributed by atoms with van der Waals surface area (Å²) in [7, 11) is 0. The van der Waals surface area contributed by atoms with Gasteiger partial charge in [-0.25, -0.2) is 0 Å². The highest BCUT2D eigenvalue weighted by Crippen LogP contribution is 2.34. The molecule has 252 valence electrons. The van der Waals surface area contributed by atoms with Crippen LogP contribution in [0.3, 0.4) is 0 Å². The van der Waals surface area contributed by atoms with Crippen molar-refractivity contribution in [3.05, 3.63) is 0 Å². The molecule has 4 heterocycles. The summed E-state index contributed by atoms with van der Waals surface area (Å²) in [4.78, 5) is 0. The van der Waals surface area contributed by atoms with E-state index < -0.39 is 136 Å². The molecule has 43 heavy (non-hydrogen) atoms. The quantitative estimate of drug-likeness (QED) is 0.118. The Morgan fingerprint density at radius 3 is 1.51 bits per heavy atom. The SMILES string of the molecule is C[C@@H]1O[C@H](O[C@H]2[C@H](O[C@H]3[C@H](O)[C@@H](O[C@H]4[C@H](O)[C@@H](CO)OC(O)[C@@H]4O)O[C@@H](C)[C@H]3O)O[C@H](CO)[C@@H](O)[C@@H]2O)[C@@H](O)[C@H](O)[C@@H]1O. The summed E-state index contributed by atoms with van der Waals surface area (Å²) < 4.78 is 38.4. The lowest BCUT2D eigenvalue weighted by molar-refractivity contribution is -0.393. The van der Waals surface area contributed by atoms with Gasteiger partial charge in [-0.05, 0) is 13.8 Å². The van der Waals surface area contributed by atoms with Crippen LogP contribution in [-0.2, 0) is 33.2 Å². The van der Waals surface area contributed by atoms with Crippen molar-refractivity contribution in [2.45, 2.75) is 137 Å². The van der Waals surface area contributed by atoms with E-state index in [2.05, 4.69) is 0 Å². The summed E-state index contributed by atoms with van der Waals surface area (Å²) in [6.45, 7) is 1.16. The molecule has 19 nitrogen and oxygen atoms in total. The van der Waals surface area contributed by atoms with Gasteiger partial charge in [0.25, 0.3) is 0 Å². The molecular formula is C24H42O19. The Morgan fingerprint density at radius 2 is 0.907 bits per heavy atom. The molecule has 0 aliphatic carbocycles. The van der Waals surface area contributed by atoms with Gasteiger partial charge in [-0.3, -0.25) is 0 Å². The van der Waals surface area contributed by atoms with Crippen molar-refractivity contribution in [2.75, 3.05) is 13.2 Å². The van der Waals surface area contributed by atoms with Gasteiger partial charge in [0.2, 0.25) is 0 Å². The molecule has 0 saturated carbocycles. The first-order valence-electron chi connectivity index (χ1n) is 13.8. The standard InChI is InChI=1S/C24H42O19/c1-5-9(27)13(31)15(33)22(37-5)43-20-14(32)11(29)7(3-25)40-24(20)42-18-10(28)6(2)38-23(17(18)35)41-19-12(30)8(4-26)39-21(36)16(19)34/h5-36H,3-4H2,1-2H3/t5-,6-,7+,8+,9+,10+,11+,12+,13+,14-,15-,16+,17-,18+,19-,20+,21?,22+,23+,24-/m0/s1. The first-order chi connectivity index (χ1) is 20.2. The van der Waals surface area contributed by atoms with Crippen molar-refractivity contribution in [1.29, 1.82) is 0 Å². The highest BCUT2D eigenvalue weighted by molar-refractivity contribution is 4.97. The average Bonchev–Trinajstić information content (AvgIpc) is 2.98. The van der Waals surface area contributed by atoms with Gasteiger partial charge in [0.05, 0.1) is 25.4 Å². The topological polar surface area (TPSA) is 307 Å². The van der Waals surface area contributed by atoms with Crippen LogP contribution in [0.4, 0.5) is 0 Å². The van der Waals surface area contributed by atoms with Crippen LogP contribution in [0, 0.1) is 0 Å². The lowest BCUT2D eigenvalue weighted by atomic mass is 9.96. The second kappa shape index (κ2) is 14.3. The molecule has 0 amide bonds. The van der Waals surface area contributed by atoms with E-state index in [1.807, 2.05) is 0 Å². The van der Waals surface area contributed by atoms with Gasteiger partial charge in [-0.1, -0.05) is 0 Å². The first-order valence-corrected chi connectivity index (χ1v) is 13.8. The maximum atomic E-state index is 11.1. The minimum absolute atomic E-state index is 0.755. The van der Waals surface area contributed by atoms with Crippen LogP contribution in [-0.4, -0.2) is 197 Å². The van der Waals surface area contributed by atoms with E-state index in [4.69, 9.17) is 33.2 Å². The number of aliphatic hydroxyl groups is 12. The van der Waals surface area contributed by atoms with Crippen molar-refractivity contribution in [2.24, 2.45) is 0 Å². The Morgan fingerprint density at radius 1 is 0.419 bits per heavy atom. The number of hydrogen-bond donors (Lipinski definition) is 12. The summed E-state index contributed by atoms with van der Waals surface area (Å²) in [5.74, 6) is 0. The molecule has 0 aromatic heterocycles. The molecule has 0 spiro atoms. The van der Waals surface area contributed by atoms with Gasteiger partial charge in [0.1, 0.15) is 85.5 Å². The first kappa shape index (κ1) is 35.1. The highest BCUT2D eigenvalue weighted by atomic mass is 16.8. The van der Waals surface area contributed by atoms with Crippen LogP contribution in [0.15, 0.2) is 0 Å². The third-order valence-corrected chi connectivity index (χ3v) is 8.13. The second-order valence-electron chi connectivity index (χ2n) is 11.1. The lowest BCUT2D eigenvalue weighted by Crippen LogP contribution is -2.67. The second-order valence-corrected chi connectivity index (χ2v) is 11.1. The van der Waals surface area contributed by atoms with Crippen LogP contribution in [0.2, 0.25) is 0 Å². The van der Waals surface area contributed by atoms with Gasteiger partial charge in [0, 0.05) is 0 Å². The smallest absolute Gasteiger partial charge is 0.187 e. The third kappa shape index (κ3) is 7.00. The van der Waals surface area contributed by atoms with Crippen molar-refractivity contribution in [1.82, 2.24) is 0 Å². The van der Waals surface area contributed by atoms with Gasteiger partial charge < -0.3 is 94.4 Å². The Bertz CT molecular complexity index is 886. The predicted octanol–water partition coefficient (Wildman–Crippen LogP) is -7.69. The lowest BCUT2D eigenvalue weighted by Gasteiger charge is -2.49. The molecule has 4 fully saturated rings. The van der Waals surface area contributed by atoms with Crippen LogP contribution in [0.1, 0.15) is 13.8 Å². The normalized spacial score (nSPS) is 54.8. The Balaban J connectivity index is 1.55. The summed E-state index contributed by atoms with van der Waals surface area (Å²) in [5.41, 5.74) is 0. The van der Waals surface area contributed by atoms with Crippen LogP contribution >= 0.6 is 0 Å². The molecule has 4 aliphatic rings. The van der Waals surface area contributed by atoms with E-state index >= 15 is 0 Å².